The van der Waals surface area contributed by atoms with Crippen LogP contribution >= 0.6 is 15.9 Å². The lowest BCUT2D eigenvalue weighted by Gasteiger charge is -2.19. The Kier molecular flexibility index (Phi) is 5.42. The molecule has 21 heavy (non-hydrogen) atoms. The van der Waals surface area contributed by atoms with Crippen LogP contribution in [0.25, 0.3) is 0 Å². The van der Waals surface area contributed by atoms with Gasteiger partial charge in [0, 0.05) is 12.1 Å². The van der Waals surface area contributed by atoms with Gasteiger partial charge in [-0.15, -0.1) is 0 Å². The first-order valence-electron chi connectivity index (χ1n) is 6.63. The lowest BCUT2D eigenvalue weighted by atomic mass is 9.98. The summed E-state index contributed by atoms with van der Waals surface area (Å²) in [6, 6.07) is 8.04. The van der Waals surface area contributed by atoms with Crippen LogP contribution in [0.5, 0.6) is 0 Å². The van der Waals surface area contributed by atoms with Crippen LogP contribution in [0.2, 0.25) is 0 Å². The van der Waals surface area contributed by atoms with Gasteiger partial charge in [0.25, 0.3) is 0 Å². The topological polar surface area (TPSA) is 12.0 Å². The van der Waals surface area contributed by atoms with Gasteiger partial charge in [-0.3, -0.25) is 0 Å². The first-order valence-corrected chi connectivity index (χ1v) is 7.42. The third-order valence-electron chi connectivity index (χ3n) is 3.16. The van der Waals surface area contributed by atoms with E-state index in [1.807, 2.05) is 6.92 Å². The van der Waals surface area contributed by atoms with Crippen molar-refractivity contribution in [3.63, 3.8) is 0 Å². The molecule has 2 aromatic rings. The zero-order valence-corrected chi connectivity index (χ0v) is 13.1. The molecule has 112 valence electrons. The number of benzene rings is 2. The molecule has 0 radical (unpaired) electrons. The second kappa shape index (κ2) is 7.09. The fraction of sp³-hybridized carbons (Fsp3) is 0.250. The van der Waals surface area contributed by atoms with E-state index in [0.29, 0.717) is 23.0 Å². The van der Waals surface area contributed by atoms with Crippen molar-refractivity contribution in [3.8, 4) is 0 Å². The van der Waals surface area contributed by atoms with Gasteiger partial charge in [0.15, 0.2) is 0 Å². The molecule has 1 N–H and O–H groups in total. The third-order valence-corrected chi connectivity index (χ3v) is 3.77. The molecule has 1 nitrogen and oxygen atoms in total. The summed E-state index contributed by atoms with van der Waals surface area (Å²) in [4.78, 5) is 0. The molecule has 0 fully saturated rings. The van der Waals surface area contributed by atoms with Crippen LogP contribution in [-0.4, -0.2) is 6.54 Å². The minimum Gasteiger partial charge on any atom is -0.310 e. The van der Waals surface area contributed by atoms with E-state index in [2.05, 4.69) is 21.2 Å². The van der Waals surface area contributed by atoms with Crippen LogP contribution in [0.15, 0.2) is 40.9 Å². The molecule has 2 rings (SSSR count). The molecular weight excluding hydrogens is 343 g/mol. The quantitative estimate of drug-likeness (QED) is 0.813. The Labute approximate surface area is 130 Å². The molecule has 0 saturated carbocycles. The predicted molar refractivity (Wildman–Crippen MR) is 80.6 cm³/mol. The van der Waals surface area contributed by atoms with Crippen molar-refractivity contribution < 1.29 is 13.2 Å². The summed E-state index contributed by atoms with van der Waals surface area (Å²) in [6.07, 6.45) is 0.417. The highest BCUT2D eigenvalue weighted by Gasteiger charge is 2.14. The molecule has 0 heterocycles. The zero-order valence-electron chi connectivity index (χ0n) is 11.5. The van der Waals surface area contributed by atoms with Gasteiger partial charge >= 0.3 is 0 Å². The van der Waals surface area contributed by atoms with Crippen molar-refractivity contribution in [3.05, 3.63) is 69.4 Å². The number of likely N-dealkylation sites (N-methyl/N-ethyl adjacent to an activating group) is 1. The van der Waals surface area contributed by atoms with Gasteiger partial charge in [0.1, 0.15) is 17.5 Å². The average Bonchev–Trinajstić information content (AvgIpc) is 2.40. The molecule has 0 amide bonds. The number of hydrogen-bond donors (Lipinski definition) is 1. The van der Waals surface area contributed by atoms with E-state index in [9.17, 15) is 13.2 Å². The molecule has 0 saturated heterocycles. The smallest absolute Gasteiger partial charge is 0.137 e. The highest BCUT2D eigenvalue weighted by atomic mass is 79.9. The minimum atomic E-state index is -0.597. The Balaban J connectivity index is 2.27. The standard InChI is InChI=1S/C16H15BrF3N/c1-2-21-16(11-3-4-15(20)14(17)8-11)7-10-5-12(18)9-13(19)6-10/h3-6,8-9,16,21H,2,7H2,1H3. The van der Waals surface area contributed by atoms with E-state index in [1.165, 1.54) is 18.2 Å². The Morgan fingerprint density at radius 3 is 2.29 bits per heavy atom. The first kappa shape index (κ1) is 16.0. The summed E-state index contributed by atoms with van der Waals surface area (Å²) in [5.41, 5.74) is 1.41. The molecule has 0 spiro atoms. The maximum Gasteiger partial charge on any atom is 0.137 e. The van der Waals surface area contributed by atoms with Gasteiger partial charge in [-0.1, -0.05) is 13.0 Å². The maximum atomic E-state index is 13.3. The Morgan fingerprint density at radius 2 is 1.71 bits per heavy atom. The van der Waals surface area contributed by atoms with Crippen molar-refractivity contribution in [1.82, 2.24) is 5.32 Å². The summed E-state index contributed by atoms with van der Waals surface area (Å²) < 4.78 is 40.2. The average molecular weight is 358 g/mol. The molecule has 0 aliphatic carbocycles. The van der Waals surface area contributed by atoms with Gasteiger partial charge < -0.3 is 5.32 Å². The summed E-state index contributed by atoms with van der Waals surface area (Å²) in [7, 11) is 0. The molecule has 0 bridgehead atoms. The lowest BCUT2D eigenvalue weighted by Crippen LogP contribution is -2.23. The SMILES string of the molecule is CCNC(Cc1cc(F)cc(F)c1)c1ccc(F)c(Br)c1. The number of rotatable bonds is 5. The van der Waals surface area contributed by atoms with Crippen molar-refractivity contribution in [2.45, 2.75) is 19.4 Å². The molecule has 5 heteroatoms. The fourth-order valence-corrected chi connectivity index (χ4v) is 2.64. The monoisotopic (exact) mass is 357 g/mol. The molecular formula is C16H15BrF3N. The van der Waals surface area contributed by atoms with E-state index in [4.69, 9.17) is 0 Å². The lowest BCUT2D eigenvalue weighted by molar-refractivity contribution is 0.537. The summed E-state index contributed by atoms with van der Waals surface area (Å²) in [5.74, 6) is -1.54. The van der Waals surface area contributed by atoms with Gasteiger partial charge in [0.05, 0.1) is 4.47 Å². The Morgan fingerprint density at radius 1 is 1.05 bits per heavy atom. The highest BCUT2D eigenvalue weighted by Crippen LogP contribution is 2.24. The van der Waals surface area contributed by atoms with Gasteiger partial charge in [0.2, 0.25) is 0 Å². The largest absolute Gasteiger partial charge is 0.310 e. The van der Waals surface area contributed by atoms with Crippen molar-refractivity contribution in [1.29, 1.82) is 0 Å². The van der Waals surface area contributed by atoms with Crippen LogP contribution in [0, 0.1) is 17.5 Å². The molecule has 2 aromatic carbocycles. The number of halogens is 4. The van der Waals surface area contributed by atoms with Crippen LogP contribution in [0.4, 0.5) is 13.2 Å². The molecule has 0 aromatic heterocycles. The summed E-state index contributed by atoms with van der Waals surface area (Å²) in [6.45, 7) is 2.63. The van der Waals surface area contributed by atoms with Crippen LogP contribution in [-0.2, 0) is 6.42 Å². The van der Waals surface area contributed by atoms with E-state index in [1.54, 1.807) is 12.1 Å². The van der Waals surface area contributed by atoms with Crippen LogP contribution in [0.3, 0.4) is 0 Å². The summed E-state index contributed by atoms with van der Waals surface area (Å²) >= 11 is 3.15. The predicted octanol–water partition coefficient (Wildman–Crippen LogP) is 4.76. The third kappa shape index (κ3) is 4.32. The van der Waals surface area contributed by atoms with Gasteiger partial charge in [-0.25, -0.2) is 13.2 Å². The van der Waals surface area contributed by atoms with Crippen LogP contribution < -0.4 is 5.32 Å². The van der Waals surface area contributed by atoms with E-state index in [0.717, 1.165) is 11.6 Å². The van der Waals surface area contributed by atoms with E-state index < -0.39 is 11.6 Å². The number of nitrogens with one attached hydrogen (secondary N) is 1. The Bertz CT molecular complexity index is 611. The second-order valence-corrected chi connectivity index (χ2v) is 5.62. The van der Waals surface area contributed by atoms with E-state index in [-0.39, 0.29) is 11.9 Å². The second-order valence-electron chi connectivity index (χ2n) is 4.77. The fourth-order valence-electron chi connectivity index (χ4n) is 2.25. The van der Waals surface area contributed by atoms with Crippen molar-refractivity contribution in [2.24, 2.45) is 0 Å². The summed E-state index contributed by atoms with van der Waals surface area (Å²) in [5, 5.41) is 3.24. The number of hydrogen-bond acceptors (Lipinski definition) is 1. The molecule has 0 aliphatic heterocycles. The first-order chi connectivity index (χ1) is 9.99. The molecule has 1 atom stereocenters. The zero-order chi connectivity index (χ0) is 15.4. The van der Waals surface area contributed by atoms with E-state index >= 15 is 0 Å². The molecule has 0 aliphatic rings. The minimum absolute atomic E-state index is 0.145. The maximum absolute atomic E-state index is 13.3. The molecule has 1 unspecified atom stereocenters. The van der Waals surface area contributed by atoms with Crippen molar-refractivity contribution >= 4 is 15.9 Å². The van der Waals surface area contributed by atoms with Crippen LogP contribution in [0.1, 0.15) is 24.1 Å². The normalized spacial score (nSPS) is 12.4. The van der Waals surface area contributed by atoms with Gasteiger partial charge in [-0.05, 0) is 64.3 Å². The van der Waals surface area contributed by atoms with Crippen molar-refractivity contribution in [2.75, 3.05) is 6.54 Å². The van der Waals surface area contributed by atoms with Gasteiger partial charge in [-0.2, -0.15) is 0 Å². The highest BCUT2D eigenvalue weighted by molar-refractivity contribution is 9.10. The Hall–Kier alpha value is -1.33.